The van der Waals surface area contributed by atoms with Gasteiger partial charge in [-0.05, 0) is 26.0 Å². The fourth-order valence-corrected chi connectivity index (χ4v) is 2.06. The average Bonchev–Trinajstić information content (AvgIpc) is 3.10. The van der Waals surface area contributed by atoms with E-state index in [4.69, 9.17) is 4.52 Å². The van der Waals surface area contributed by atoms with E-state index < -0.39 is 0 Å². The van der Waals surface area contributed by atoms with Crippen molar-refractivity contribution in [3.05, 3.63) is 47.5 Å². The van der Waals surface area contributed by atoms with Crippen LogP contribution in [0.1, 0.15) is 28.8 Å². The van der Waals surface area contributed by atoms with Crippen LogP contribution >= 0.6 is 15.9 Å². The summed E-state index contributed by atoms with van der Waals surface area (Å²) in [6, 6.07) is 7.96. The molecule has 0 fully saturated rings. The molecule has 0 N–H and O–H groups in total. The van der Waals surface area contributed by atoms with E-state index in [1.54, 1.807) is 4.68 Å². The first-order valence-electron chi connectivity index (χ1n) is 6.55. The van der Waals surface area contributed by atoms with Crippen LogP contribution in [0.5, 0.6) is 0 Å². The van der Waals surface area contributed by atoms with Crippen LogP contribution < -0.4 is 0 Å². The van der Waals surface area contributed by atoms with E-state index in [2.05, 4.69) is 36.4 Å². The molecular weight excluding hydrogens is 334 g/mol. The summed E-state index contributed by atoms with van der Waals surface area (Å²) >= 11 is 3.46. The van der Waals surface area contributed by atoms with Gasteiger partial charge in [0.05, 0.1) is 16.7 Å². The van der Waals surface area contributed by atoms with Gasteiger partial charge in [0.1, 0.15) is 6.54 Å². The first kappa shape index (κ1) is 13.9. The third kappa shape index (κ3) is 3.18. The molecule has 1 atom stereocenters. The SMILES string of the molecule is Cc1ccc(-c2nc(Cn3cc(C(C)Br)nn3)no2)cc1. The van der Waals surface area contributed by atoms with Crippen molar-refractivity contribution in [1.29, 1.82) is 0 Å². The van der Waals surface area contributed by atoms with Crippen molar-refractivity contribution in [3.8, 4) is 11.5 Å². The maximum Gasteiger partial charge on any atom is 0.257 e. The molecule has 108 valence electrons. The summed E-state index contributed by atoms with van der Waals surface area (Å²) in [4.78, 5) is 4.55. The highest BCUT2D eigenvalue weighted by Crippen LogP contribution is 2.19. The fraction of sp³-hybridized carbons (Fsp3) is 0.286. The number of hydrogen-bond acceptors (Lipinski definition) is 5. The van der Waals surface area contributed by atoms with E-state index in [9.17, 15) is 0 Å². The highest BCUT2D eigenvalue weighted by atomic mass is 79.9. The molecule has 0 radical (unpaired) electrons. The molecule has 3 aromatic rings. The normalized spacial score (nSPS) is 12.5. The summed E-state index contributed by atoms with van der Waals surface area (Å²) in [5.74, 6) is 1.09. The largest absolute Gasteiger partial charge is 0.334 e. The molecule has 0 saturated carbocycles. The summed E-state index contributed by atoms with van der Waals surface area (Å²) in [6.45, 7) is 4.47. The van der Waals surface area contributed by atoms with Gasteiger partial charge in [0.2, 0.25) is 0 Å². The number of aryl methyl sites for hydroxylation is 1. The van der Waals surface area contributed by atoms with Gasteiger partial charge in [-0.25, -0.2) is 4.68 Å². The summed E-state index contributed by atoms with van der Waals surface area (Å²) in [7, 11) is 0. The Balaban J connectivity index is 1.76. The summed E-state index contributed by atoms with van der Waals surface area (Å²) < 4.78 is 6.98. The molecule has 0 aliphatic rings. The lowest BCUT2D eigenvalue weighted by molar-refractivity contribution is 0.418. The molecule has 2 heterocycles. The second kappa shape index (κ2) is 5.77. The van der Waals surface area contributed by atoms with E-state index in [0.29, 0.717) is 18.3 Å². The molecule has 6 nitrogen and oxygen atoms in total. The first-order valence-corrected chi connectivity index (χ1v) is 7.47. The van der Waals surface area contributed by atoms with Gasteiger partial charge in [0, 0.05) is 5.56 Å². The Morgan fingerprint density at radius 2 is 2.05 bits per heavy atom. The second-order valence-corrected chi connectivity index (χ2v) is 6.21. The Bertz CT molecular complexity index is 732. The monoisotopic (exact) mass is 347 g/mol. The van der Waals surface area contributed by atoms with Crippen molar-refractivity contribution < 1.29 is 4.52 Å². The van der Waals surface area contributed by atoms with Crippen molar-refractivity contribution in [2.75, 3.05) is 0 Å². The van der Waals surface area contributed by atoms with Crippen molar-refractivity contribution in [2.45, 2.75) is 25.2 Å². The van der Waals surface area contributed by atoms with E-state index in [-0.39, 0.29) is 4.83 Å². The van der Waals surface area contributed by atoms with Gasteiger partial charge in [-0.3, -0.25) is 0 Å². The zero-order chi connectivity index (χ0) is 14.8. The number of benzene rings is 1. The molecule has 1 unspecified atom stereocenters. The van der Waals surface area contributed by atoms with E-state index in [1.807, 2.05) is 44.3 Å². The smallest absolute Gasteiger partial charge is 0.257 e. The Morgan fingerprint density at radius 3 is 2.71 bits per heavy atom. The summed E-state index contributed by atoms with van der Waals surface area (Å²) in [6.07, 6.45) is 1.86. The summed E-state index contributed by atoms with van der Waals surface area (Å²) in [5, 5.41) is 12.1. The molecule has 0 saturated heterocycles. The Kier molecular flexibility index (Phi) is 3.83. The zero-order valence-electron chi connectivity index (χ0n) is 11.7. The Hall–Kier alpha value is -2.02. The predicted octanol–water partition coefficient (Wildman–Crippen LogP) is 3.14. The van der Waals surface area contributed by atoms with Gasteiger partial charge in [0.15, 0.2) is 5.82 Å². The lowest BCUT2D eigenvalue weighted by Gasteiger charge is -1.95. The lowest BCUT2D eigenvalue weighted by Crippen LogP contribution is -2.02. The summed E-state index contributed by atoms with van der Waals surface area (Å²) in [5.41, 5.74) is 2.97. The van der Waals surface area contributed by atoms with Gasteiger partial charge < -0.3 is 4.52 Å². The zero-order valence-corrected chi connectivity index (χ0v) is 13.3. The van der Waals surface area contributed by atoms with Crippen LogP contribution in [0.25, 0.3) is 11.5 Å². The fourth-order valence-electron chi connectivity index (χ4n) is 1.85. The molecule has 7 heteroatoms. The molecule has 0 aliphatic carbocycles. The number of nitrogens with zero attached hydrogens (tertiary/aromatic N) is 5. The molecule has 0 amide bonds. The molecule has 0 aliphatic heterocycles. The van der Waals surface area contributed by atoms with Gasteiger partial charge in [-0.2, -0.15) is 4.98 Å². The molecule has 3 rings (SSSR count). The molecule has 0 bridgehead atoms. The van der Waals surface area contributed by atoms with Crippen molar-refractivity contribution in [1.82, 2.24) is 25.1 Å². The molecule has 2 aromatic heterocycles. The first-order chi connectivity index (χ1) is 10.1. The number of hydrogen-bond donors (Lipinski definition) is 0. The van der Waals surface area contributed by atoms with Gasteiger partial charge >= 0.3 is 0 Å². The quantitative estimate of drug-likeness (QED) is 0.678. The third-order valence-corrected chi connectivity index (χ3v) is 3.50. The van der Waals surface area contributed by atoms with Crippen LogP contribution in [0.15, 0.2) is 35.0 Å². The minimum atomic E-state index is 0.166. The van der Waals surface area contributed by atoms with Crippen LogP contribution in [-0.2, 0) is 6.54 Å². The Morgan fingerprint density at radius 1 is 1.29 bits per heavy atom. The maximum absolute atomic E-state index is 5.29. The van der Waals surface area contributed by atoms with Crippen molar-refractivity contribution in [2.24, 2.45) is 0 Å². The van der Waals surface area contributed by atoms with Gasteiger partial charge in [-0.15, -0.1) is 5.10 Å². The predicted molar refractivity (Wildman–Crippen MR) is 80.9 cm³/mol. The maximum atomic E-state index is 5.29. The van der Waals surface area contributed by atoms with Gasteiger partial charge in [-0.1, -0.05) is 44.0 Å². The van der Waals surface area contributed by atoms with Crippen molar-refractivity contribution >= 4 is 15.9 Å². The lowest BCUT2D eigenvalue weighted by atomic mass is 10.1. The standard InChI is InChI=1S/C14H14BrN5O/c1-9-3-5-11(6-4-9)14-16-13(18-21-14)8-20-7-12(10(2)15)17-19-20/h3-7,10H,8H2,1-2H3. The van der Waals surface area contributed by atoms with Crippen molar-refractivity contribution in [3.63, 3.8) is 0 Å². The number of aromatic nitrogens is 5. The van der Waals surface area contributed by atoms with Crippen LogP contribution in [-0.4, -0.2) is 25.1 Å². The van der Waals surface area contributed by atoms with Crippen LogP contribution in [0.3, 0.4) is 0 Å². The van der Waals surface area contributed by atoms with Gasteiger partial charge in [0.25, 0.3) is 5.89 Å². The number of halogens is 1. The minimum Gasteiger partial charge on any atom is -0.334 e. The van der Waals surface area contributed by atoms with Crippen LogP contribution in [0, 0.1) is 6.92 Å². The number of rotatable bonds is 4. The topological polar surface area (TPSA) is 69.6 Å². The average molecular weight is 348 g/mol. The van der Waals surface area contributed by atoms with E-state index >= 15 is 0 Å². The Labute approximate surface area is 130 Å². The highest BCUT2D eigenvalue weighted by molar-refractivity contribution is 9.09. The third-order valence-electron chi connectivity index (χ3n) is 3.03. The minimum absolute atomic E-state index is 0.166. The van der Waals surface area contributed by atoms with Crippen LogP contribution in [0.4, 0.5) is 0 Å². The number of alkyl halides is 1. The van der Waals surface area contributed by atoms with E-state index in [0.717, 1.165) is 11.3 Å². The molecule has 21 heavy (non-hydrogen) atoms. The molecule has 1 aromatic carbocycles. The highest BCUT2D eigenvalue weighted by Gasteiger charge is 2.11. The van der Waals surface area contributed by atoms with Crippen LogP contribution in [0.2, 0.25) is 0 Å². The molecular formula is C14H14BrN5O. The van der Waals surface area contributed by atoms with E-state index in [1.165, 1.54) is 5.56 Å². The second-order valence-electron chi connectivity index (χ2n) is 4.84. The molecule has 0 spiro atoms.